The second kappa shape index (κ2) is 7.57. The zero-order chi connectivity index (χ0) is 21.5. The van der Waals surface area contributed by atoms with Crippen LogP contribution in [0.15, 0.2) is 41.3 Å². The minimum absolute atomic E-state index is 0.0206. The van der Waals surface area contributed by atoms with Crippen molar-refractivity contribution < 1.29 is 4.74 Å². The molecule has 0 amide bonds. The maximum atomic E-state index is 12.3. The SMILES string of the molecule is CCn1ccc(N2CCC[C@@H](c3nc4c5cccc(OC)c5nc(N)n4n3)C2)cc1=O. The molecule has 1 saturated heterocycles. The van der Waals surface area contributed by atoms with Gasteiger partial charge in [0.1, 0.15) is 11.3 Å². The third kappa shape index (κ3) is 3.26. The van der Waals surface area contributed by atoms with Crippen molar-refractivity contribution in [2.75, 3.05) is 30.8 Å². The van der Waals surface area contributed by atoms with Gasteiger partial charge in [-0.1, -0.05) is 6.07 Å². The first-order chi connectivity index (χ1) is 15.1. The lowest BCUT2D eigenvalue weighted by atomic mass is 9.97. The minimum atomic E-state index is 0.0206. The molecule has 9 nitrogen and oxygen atoms in total. The molecule has 1 aliphatic heterocycles. The fraction of sp³-hybridized carbons (Fsp3) is 0.364. The summed E-state index contributed by atoms with van der Waals surface area (Å²) in [4.78, 5) is 23.9. The fourth-order valence-electron chi connectivity index (χ4n) is 4.36. The van der Waals surface area contributed by atoms with Gasteiger partial charge in [-0.05, 0) is 38.0 Å². The van der Waals surface area contributed by atoms with E-state index in [1.54, 1.807) is 22.3 Å². The lowest BCUT2D eigenvalue weighted by Crippen LogP contribution is -2.35. The Morgan fingerprint density at radius 2 is 2.13 bits per heavy atom. The van der Waals surface area contributed by atoms with Gasteiger partial charge >= 0.3 is 0 Å². The molecule has 1 fully saturated rings. The summed E-state index contributed by atoms with van der Waals surface area (Å²) in [6, 6.07) is 9.44. The van der Waals surface area contributed by atoms with E-state index in [4.69, 9.17) is 20.6 Å². The Morgan fingerprint density at radius 1 is 1.26 bits per heavy atom. The maximum absolute atomic E-state index is 12.3. The van der Waals surface area contributed by atoms with Gasteiger partial charge in [-0.2, -0.15) is 4.52 Å². The second-order valence-electron chi connectivity index (χ2n) is 7.83. The van der Waals surface area contributed by atoms with Crippen LogP contribution in [-0.2, 0) is 6.54 Å². The Balaban J connectivity index is 1.52. The number of para-hydroxylation sites is 1. The van der Waals surface area contributed by atoms with Gasteiger partial charge in [-0.15, -0.1) is 5.10 Å². The average Bonchev–Trinajstić information content (AvgIpc) is 3.25. The number of methoxy groups -OCH3 is 1. The number of aromatic nitrogens is 5. The number of nitrogen functional groups attached to an aromatic ring is 1. The monoisotopic (exact) mass is 419 g/mol. The summed E-state index contributed by atoms with van der Waals surface area (Å²) in [6.45, 7) is 4.29. The number of fused-ring (bicyclic) bond motifs is 3. The number of piperidine rings is 1. The lowest BCUT2D eigenvalue weighted by molar-refractivity contribution is 0.419. The molecule has 0 spiro atoms. The maximum Gasteiger partial charge on any atom is 0.252 e. The number of nitrogens with two attached hydrogens (primary N) is 1. The zero-order valence-electron chi connectivity index (χ0n) is 17.7. The summed E-state index contributed by atoms with van der Waals surface area (Å²) in [7, 11) is 1.61. The molecule has 3 aromatic heterocycles. The summed E-state index contributed by atoms with van der Waals surface area (Å²) in [5.41, 5.74) is 8.52. The number of anilines is 2. The molecule has 4 aromatic rings. The number of hydrogen-bond acceptors (Lipinski definition) is 7. The summed E-state index contributed by atoms with van der Waals surface area (Å²) in [6.07, 6.45) is 3.84. The summed E-state index contributed by atoms with van der Waals surface area (Å²) < 4.78 is 8.74. The molecule has 4 heterocycles. The van der Waals surface area contributed by atoms with Gasteiger partial charge in [-0.3, -0.25) is 4.79 Å². The first kappa shape index (κ1) is 19.3. The van der Waals surface area contributed by atoms with Crippen molar-refractivity contribution >= 4 is 28.2 Å². The second-order valence-corrected chi connectivity index (χ2v) is 7.83. The number of nitrogens with zero attached hydrogens (tertiary/aromatic N) is 6. The molecule has 0 aliphatic carbocycles. The largest absolute Gasteiger partial charge is 0.494 e. The van der Waals surface area contributed by atoms with E-state index in [0.717, 1.165) is 42.8 Å². The zero-order valence-corrected chi connectivity index (χ0v) is 17.7. The molecule has 5 rings (SSSR count). The van der Waals surface area contributed by atoms with E-state index in [0.29, 0.717) is 23.5 Å². The molecule has 1 atom stereocenters. The first-order valence-electron chi connectivity index (χ1n) is 10.5. The normalized spacial score (nSPS) is 16.8. The van der Waals surface area contributed by atoms with E-state index >= 15 is 0 Å². The highest BCUT2D eigenvalue weighted by atomic mass is 16.5. The van der Waals surface area contributed by atoms with Gasteiger partial charge in [0.2, 0.25) is 5.95 Å². The van der Waals surface area contributed by atoms with Crippen LogP contribution >= 0.6 is 0 Å². The van der Waals surface area contributed by atoms with Crippen molar-refractivity contribution in [3.63, 3.8) is 0 Å². The molecular formula is C22H25N7O2. The van der Waals surface area contributed by atoms with Crippen molar-refractivity contribution in [1.82, 2.24) is 24.1 Å². The van der Waals surface area contributed by atoms with Crippen LogP contribution in [0.1, 0.15) is 31.5 Å². The van der Waals surface area contributed by atoms with Crippen molar-refractivity contribution in [2.24, 2.45) is 0 Å². The Labute approximate surface area is 179 Å². The van der Waals surface area contributed by atoms with E-state index in [-0.39, 0.29) is 17.4 Å². The molecule has 1 aromatic carbocycles. The summed E-state index contributed by atoms with van der Waals surface area (Å²) >= 11 is 0. The first-order valence-corrected chi connectivity index (χ1v) is 10.5. The molecule has 2 N–H and O–H groups in total. The number of pyridine rings is 1. The topological polar surface area (TPSA) is 104 Å². The quantitative estimate of drug-likeness (QED) is 0.542. The Kier molecular flexibility index (Phi) is 4.72. The molecule has 1 aliphatic rings. The van der Waals surface area contributed by atoms with E-state index in [9.17, 15) is 4.79 Å². The van der Waals surface area contributed by atoms with Crippen LogP contribution in [-0.4, -0.2) is 44.3 Å². The predicted molar refractivity (Wildman–Crippen MR) is 120 cm³/mol. The molecule has 0 unspecified atom stereocenters. The number of aryl methyl sites for hydroxylation is 1. The van der Waals surface area contributed by atoms with E-state index in [2.05, 4.69) is 9.88 Å². The molecule has 160 valence electrons. The highest BCUT2D eigenvalue weighted by Gasteiger charge is 2.26. The number of ether oxygens (including phenoxy) is 1. The molecule has 0 saturated carbocycles. The van der Waals surface area contributed by atoms with Crippen LogP contribution in [0.3, 0.4) is 0 Å². The van der Waals surface area contributed by atoms with Crippen molar-refractivity contribution in [3.05, 3.63) is 52.7 Å². The summed E-state index contributed by atoms with van der Waals surface area (Å²) in [5, 5.41) is 5.55. The van der Waals surface area contributed by atoms with Crippen LogP contribution < -0.4 is 20.9 Å². The minimum Gasteiger partial charge on any atom is -0.494 e. The van der Waals surface area contributed by atoms with Gasteiger partial charge in [0.15, 0.2) is 11.5 Å². The Morgan fingerprint density at radius 3 is 2.90 bits per heavy atom. The predicted octanol–water partition coefficient (Wildman–Crippen LogP) is 2.43. The number of benzene rings is 1. The lowest BCUT2D eigenvalue weighted by Gasteiger charge is -2.33. The highest BCUT2D eigenvalue weighted by molar-refractivity contribution is 5.95. The number of rotatable bonds is 4. The molecular weight excluding hydrogens is 394 g/mol. The van der Waals surface area contributed by atoms with Crippen molar-refractivity contribution in [2.45, 2.75) is 32.2 Å². The Hall–Kier alpha value is -3.62. The average molecular weight is 419 g/mol. The molecule has 0 radical (unpaired) electrons. The van der Waals surface area contributed by atoms with Crippen LogP contribution in [0.25, 0.3) is 16.6 Å². The third-order valence-electron chi connectivity index (χ3n) is 6.00. The van der Waals surface area contributed by atoms with Crippen LogP contribution in [0, 0.1) is 0 Å². The molecule has 9 heteroatoms. The third-order valence-corrected chi connectivity index (χ3v) is 6.00. The van der Waals surface area contributed by atoms with Crippen molar-refractivity contribution in [3.8, 4) is 5.75 Å². The van der Waals surface area contributed by atoms with Crippen LogP contribution in [0.5, 0.6) is 5.75 Å². The van der Waals surface area contributed by atoms with Gasteiger partial charge < -0.3 is 19.9 Å². The van der Waals surface area contributed by atoms with E-state index in [1.165, 1.54) is 0 Å². The van der Waals surface area contributed by atoms with Gasteiger partial charge in [-0.25, -0.2) is 9.97 Å². The Bertz CT molecular complexity index is 1330. The van der Waals surface area contributed by atoms with Crippen LogP contribution in [0.4, 0.5) is 11.6 Å². The fourth-order valence-corrected chi connectivity index (χ4v) is 4.36. The highest BCUT2D eigenvalue weighted by Crippen LogP contribution is 2.31. The van der Waals surface area contributed by atoms with Gasteiger partial charge in [0, 0.05) is 48.9 Å². The summed E-state index contributed by atoms with van der Waals surface area (Å²) in [5.74, 6) is 1.82. The van der Waals surface area contributed by atoms with Crippen LogP contribution in [0.2, 0.25) is 0 Å². The smallest absolute Gasteiger partial charge is 0.252 e. The van der Waals surface area contributed by atoms with Crippen molar-refractivity contribution in [1.29, 1.82) is 0 Å². The van der Waals surface area contributed by atoms with E-state index in [1.807, 2.05) is 37.4 Å². The van der Waals surface area contributed by atoms with E-state index < -0.39 is 0 Å². The standard InChI is InChI=1S/C22H25N7O2/c1-3-27-11-9-15(12-18(27)30)28-10-5-6-14(13-28)20-25-21-16-7-4-8-17(31-2)19(16)24-22(23)29(21)26-20/h4,7-9,11-12,14H,3,5-6,10,13H2,1-2H3,(H2,23,24)/t14-/m1/s1. The van der Waals surface area contributed by atoms with Gasteiger partial charge in [0.25, 0.3) is 5.56 Å². The molecule has 0 bridgehead atoms. The van der Waals surface area contributed by atoms with Gasteiger partial charge in [0.05, 0.1) is 7.11 Å². The molecule has 31 heavy (non-hydrogen) atoms. The number of hydrogen-bond donors (Lipinski definition) is 1.